The number of hydrogen-bond donors (Lipinski definition) is 1. The highest BCUT2D eigenvalue weighted by Crippen LogP contribution is 2.39. The number of thiophene rings is 2. The molecule has 138 valence electrons. The molecular formula is C19H22N2O2S3. The molecule has 1 aliphatic rings. The van der Waals surface area contributed by atoms with Crippen molar-refractivity contribution in [2.24, 2.45) is 0 Å². The molecule has 0 unspecified atom stereocenters. The average Bonchev–Trinajstić information content (AvgIpc) is 3.26. The number of hydrogen-bond acceptors (Lipinski definition) is 7. The lowest BCUT2D eigenvalue weighted by Crippen LogP contribution is -2.18. The fraction of sp³-hybridized carbons (Fsp3) is 0.474. The standard InChI is InChI=1S/C19H22N2O2S3/c1-12-20-18(17-15-6-2-3-7-16(15)26-19(17)21-12)25-11-13(22)9-23-10-14-5-4-8-24-14/h4-5,8,13,22H,2-3,6-7,9-11H2,1H3/t13-/m1/s1. The van der Waals surface area contributed by atoms with Gasteiger partial charge in [0.05, 0.1) is 19.3 Å². The molecule has 0 amide bonds. The van der Waals surface area contributed by atoms with Crippen molar-refractivity contribution >= 4 is 44.7 Å². The second kappa shape index (κ2) is 8.35. The van der Waals surface area contributed by atoms with Crippen LogP contribution in [-0.4, -0.2) is 33.5 Å². The van der Waals surface area contributed by atoms with E-state index in [4.69, 9.17) is 4.74 Å². The molecule has 4 rings (SSSR count). The third-order valence-electron chi connectivity index (χ3n) is 4.44. The largest absolute Gasteiger partial charge is 0.390 e. The first kappa shape index (κ1) is 18.4. The van der Waals surface area contributed by atoms with Crippen LogP contribution in [0.25, 0.3) is 10.2 Å². The zero-order valence-electron chi connectivity index (χ0n) is 14.7. The number of aryl methyl sites for hydroxylation is 3. The lowest BCUT2D eigenvalue weighted by Gasteiger charge is -2.13. The predicted octanol–water partition coefficient (Wildman–Crippen LogP) is 4.61. The summed E-state index contributed by atoms with van der Waals surface area (Å²) in [5, 5.41) is 14.6. The van der Waals surface area contributed by atoms with Crippen LogP contribution in [0.2, 0.25) is 0 Å². The Bertz CT molecular complexity index is 877. The van der Waals surface area contributed by atoms with Gasteiger partial charge in [-0.3, -0.25) is 0 Å². The van der Waals surface area contributed by atoms with Gasteiger partial charge in [0, 0.05) is 20.9 Å². The van der Waals surface area contributed by atoms with Gasteiger partial charge in [0.25, 0.3) is 0 Å². The predicted molar refractivity (Wildman–Crippen MR) is 109 cm³/mol. The van der Waals surface area contributed by atoms with Crippen molar-refractivity contribution < 1.29 is 9.84 Å². The van der Waals surface area contributed by atoms with Gasteiger partial charge in [0.1, 0.15) is 15.7 Å². The number of aliphatic hydroxyl groups excluding tert-OH is 1. The van der Waals surface area contributed by atoms with E-state index in [1.165, 1.54) is 40.0 Å². The summed E-state index contributed by atoms with van der Waals surface area (Å²) in [6.45, 7) is 2.86. The molecule has 26 heavy (non-hydrogen) atoms. The van der Waals surface area contributed by atoms with E-state index >= 15 is 0 Å². The molecule has 0 fully saturated rings. The Kier molecular flexibility index (Phi) is 5.90. The Morgan fingerprint density at radius 1 is 1.31 bits per heavy atom. The van der Waals surface area contributed by atoms with Crippen LogP contribution in [0.15, 0.2) is 22.5 Å². The third-order valence-corrected chi connectivity index (χ3v) is 7.60. The monoisotopic (exact) mass is 406 g/mol. The SMILES string of the molecule is Cc1nc(SC[C@H](O)COCc2cccs2)c2c3c(sc2n1)CCCC3. The maximum Gasteiger partial charge on any atom is 0.128 e. The van der Waals surface area contributed by atoms with Crippen molar-refractivity contribution in [3.63, 3.8) is 0 Å². The average molecular weight is 407 g/mol. The maximum atomic E-state index is 10.3. The summed E-state index contributed by atoms with van der Waals surface area (Å²) < 4.78 is 5.63. The number of rotatable bonds is 7. The molecule has 0 saturated heterocycles. The summed E-state index contributed by atoms with van der Waals surface area (Å²) in [6.07, 6.45) is 4.31. The number of aliphatic hydroxyl groups is 1. The quantitative estimate of drug-likeness (QED) is 0.459. The normalized spacial score (nSPS) is 15.3. The Hall–Kier alpha value is -0.990. The molecule has 0 aromatic carbocycles. The van der Waals surface area contributed by atoms with Crippen LogP contribution >= 0.6 is 34.4 Å². The van der Waals surface area contributed by atoms with Crippen LogP contribution in [0, 0.1) is 6.92 Å². The van der Waals surface area contributed by atoms with Crippen molar-refractivity contribution in [1.29, 1.82) is 0 Å². The van der Waals surface area contributed by atoms with Gasteiger partial charge in [0.15, 0.2) is 0 Å². The van der Waals surface area contributed by atoms with Gasteiger partial charge in [-0.1, -0.05) is 6.07 Å². The number of thioether (sulfide) groups is 1. The van der Waals surface area contributed by atoms with Crippen molar-refractivity contribution in [2.75, 3.05) is 12.4 Å². The van der Waals surface area contributed by atoms with Crippen LogP contribution < -0.4 is 0 Å². The van der Waals surface area contributed by atoms with Crippen LogP contribution in [0.1, 0.15) is 34.0 Å². The summed E-state index contributed by atoms with van der Waals surface area (Å²) >= 11 is 5.12. The molecule has 7 heteroatoms. The van der Waals surface area contributed by atoms with E-state index in [2.05, 4.69) is 9.97 Å². The lowest BCUT2D eigenvalue weighted by atomic mass is 9.97. The van der Waals surface area contributed by atoms with Gasteiger partial charge in [0.2, 0.25) is 0 Å². The van der Waals surface area contributed by atoms with Gasteiger partial charge < -0.3 is 9.84 Å². The van der Waals surface area contributed by atoms with E-state index in [1.807, 2.05) is 35.8 Å². The minimum absolute atomic E-state index is 0.347. The molecule has 0 bridgehead atoms. The maximum absolute atomic E-state index is 10.3. The smallest absolute Gasteiger partial charge is 0.128 e. The van der Waals surface area contributed by atoms with Crippen LogP contribution in [0.5, 0.6) is 0 Å². The van der Waals surface area contributed by atoms with Crippen molar-refractivity contribution in [2.45, 2.75) is 50.3 Å². The first-order chi connectivity index (χ1) is 12.7. The van der Waals surface area contributed by atoms with E-state index < -0.39 is 6.10 Å². The second-order valence-electron chi connectivity index (χ2n) is 6.53. The van der Waals surface area contributed by atoms with E-state index in [0.29, 0.717) is 19.0 Å². The van der Waals surface area contributed by atoms with Gasteiger partial charge in [-0.25, -0.2) is 9.97 Å². The van der Waals surface area contributed by atoms with Crippen LogP contribution in [0.3, 0.4) is 0 Å². The van der Waals surface area contributed by atoms with E-state index in [1.54, 1.807) is 23.1 Å². The fourth-order valence-electron chi connectivity index (χ4n) is 3.24. The summed E-state index contributed by atoms with van der Waals surface area (Å²) in [5.41, 5.74) is 1.45. The molecular weight excluding hydrogens is 384 g/mol. The second-order valence-corrected chi connectivity index (χ2v) is 9.65. The highest BCUT2D eigenvalue weighted by molar-refractivity contribution is 7.99. The van der Waals surface area contributed by atoms with E-state index in [-0.39, 0.29) is 0 Å². The molecule has 0 aliphatic heterocycles. The zero-order valence-corrected chi connectivity index (χ0v) is 17.2. The summed E-state index contributed by atoms with van der Waals surface area (Å²) in [4.78, 5) is 13.1. The lowest BCUT2D eigenvalue weighted by molar-refractivity contribution is 0.0409. The number of aromatic nitrogens is 2. The van der Waals surface area contributed by atoms with Gasteiger partial charge in [-0.15, -0.1) is 34.4 Å². The summed E-state index contributed by atoms with van der Waals surface area (Å²) in [5.74, 6) is 1.39. The van der Waals surface area contributed by atoms with Crippen LogP contribution in [-0.2, 0) is 24.2 Å². The minimum Gasteiger partial charge on any atom is -0.390 e. The molecule has 4 nitrogen and oxygen atoms in total. The molecule has 3 aromatic rings. The Labute approximate surface area is 165 Å². The topological polar surface area (TPSA) is 55.2 Å². The molecule has 3 aromatic heterocycles. The van der Waals surface area contributed by atoms with Gasteiger partial charge >= 0.3 is 0 Å². The molecule has 0 spiro atoms. The van der Waals surface area contributed by atoms with Crippen molar-refractivity contribution in [3.05, 3.63) is 38.7 Å². The molecule has 1 atom stereocenters. The van der Waals surface area contributed by atoms with Crippen molar-refractivity contribution in [1.82, 2.24) is 9.97 Å². The molecule has 3 heterocycles. The van der Waals surface area contributed by atoms with Gasteiger partial charge in [-0.05, 0) is 49.6 Å². The number of fused-ring (bicyclic) bond motifs is 3. The summed E-state index contributed by atoms with van der Waals surface area (Å²) in [6, 6.07) is 4.06. The number of nitrogens with zero attached hydrogens (tertiary/aromatic N) is 2. The van der Waals surface area contributed by atoms with Gasteiger partial charge in [-0.2, -0.15) is 0 Å². The summed E-state index contributed by atoms with van der Waals surface area (Å²) in [7, 11) is 0. The molecule has 0 radical (unpaired) electrons. The molecule has 1 aliphatic carbocycles. The fourth-order valence-corrected chi connectivity index (χ4v) is 6.26. The highest BCUT2D eigenvalue weighted by atomic mass is 32.2. The number of ether oxygens (including phenoxy) is 1. The first-order valence-corrected chi connectivity index (χ1v) is 11.6. The van der Waals surface area contributed by atoms with Crippen LogP contribution in [0.4, 0.5) is 0 Å². The first-order valence-electron chi connectivity index (χ1n) is 8.90. The minimum atomic E-state index is -0.500. The Balaban J connectivity index is 1.42. The Morgan fingerprint density at radius 2 is 2.19 bits per heavy atom. The van der Waals surface area contributed by atoms with E-state index in [9.17, 15) is 5.11 Å². The van der Waals surface area contributed by atoms with Crippen molar-refractivity contribution in [3.8, 4) is 0 Å². The Morgan fingerprint density at radius 3 is 3.04 bits per heavy atom. The zero-order chi connectivity index (χ0) is 17.9. The third kappa shape index (κ3) is 4.12. The molecule has 0 saturated carbocycles. The molecule has 1 N–H and O–H groups in total. The highest BCUT2D eigenvalue weighted by Gasteiger charge is 2.21. The van der Waals surface area contributed by atoms with E-state index in [0.717, 1.165) is 22.1 Å².